The van der Waals surface area contributed by atoms with Crippen molar-refractivity contribution in [3.8, 4) is 0 Å². The molecule has 0 aromatic carbocycles. The van der Waals surface area contributed by atoms with Crippen LogP contribution in [0.2, 0.25) is 0 Å². The summed E-state index contributed by atoms with van der Waals surface area (Å²) in [5.74, 6) is -0.651. The smallest absolute Gasteiger partial charge is 0.324 e. The zero-order valence-electron chi connectivity index (χ0n) is 10.4. The van der Waals surface area contributed by atoms with Crippen molar-refractivity contribution >= 4 is 5.97 Å². The first-order valence-electron chi connectivity index (χ1n) is 6.49. The van der Waals surface area contributed by atoms with Crippen LogP contribution >= 0.6 is 0 Å². The van der Waals surface area contributed by atoms with E-state index in [1.807, 2.05) is 0 Å². The molecule has 2 fully saturated rings. The van der Waals surface area contributed by atoms with Crippen LogP contribution in [0.15, 0.2) is 0 Å². The van der Waals surface area contributed by atoms with Gasteiger partial charge in [-0.15, -0.1) is 0 Å². The standard InChI is InChI=1S/C13H23NO2/c1-12(2)8-5-9-13(12,11(15)16)14-10-6-3-4-7-10/h10,14H,3-9H2,1-2H3,(H,15,16). The highest BCUT2D eigenvalue weighted by Crippen LogP contribution is 2.47. The third kappa shape index (κ3) is 1.75. The maximum atomic E-state index is 11.7. The lowest BCUT2D eigenvalue weighted by atomic mass is 9.74. The Hall–Kier alpha value is -0.570. The first-order chi connectivity index (χ1) is 7.48. The lowest BCUT2D eigenvalue weighted by Crippen LogP contribution is -2.61. The van der Waals surface area contributed by atoms with E-state index in [4.69, 9.17) is 0 Å². The van der Waals surface area contributed by atoms with E-state index in [-0.39, 0.29) is 5.41 Å². The number of aliphatic carboxylic acids is 1. The molecule has 0 aromatic rings. The Morgan fingerprint density at radius 1 is 1.19 bits per heavy atom. The van der Waals surface area contributed by atoms with E-state index in [0.29, 0.717) is 6.04 Å². The molecule has 2 saturated carbocycles. The summed E-state index contributed by atoms with van der Waals surface area (Å²) in [6, 6.07) is 0.425. The van der Waals surface area contributed by atoms with Gasteiger partial charge >= 0.3 is 5.97 Å². The van der Waals surface area contributed by atoms with Crippen molar-refractivity contribution in [1.29, 1.82) is 0 Å². The fourth-order valence-corrected chi connectivity index (χ4v) is 3.49. The highest BCUT2D eigenvalue weighted by atomic mass is 16.4. The quantitative estimate of drug-likeness (QED) is 0.776. The molecule has 0 spiro atoms. The van der Waals surface area contributed by atoms with Crippen LogP contribution < -0.4 is 5.32 Å². The molecular formula is C13H23NO2. The molecule has 1 atom stereocenters. The molecule has 16 heavy (non-hydrogen) atoms. The van der Waals surface area contributed by atoms with Gasteiger partial charge in [0.15, 0.2) is 0 Å². The van der Waals surface area contributed by atoms with Gasteiger partial charge in [-0.1, -0.05) is 33.1 Å². The predicted molar refractivity (Wildman–Crippen MR) is 63.4 cm³/mol. The van der Waals surface area contributed by atoms with Crippen molar-refractivity contribution in [3.05, 3.63) is 0 Å². The van der Waals surface area contributed by atoms with E-state index in [2.05, 4.69) is 19.2 Å². The van der Waals surface area contributed by atoms with Gasteiger partial charge in [-0.05, 0) is 31.1 Å². The Morgan fingerprint density at radius 2 is 1.81 bits per heavy atom. The fourth-order valence-electron chi connectivity index (χ4n) is 3.49. The van der Waals surface area contributed by atoms with Gasteiger partial charge < -0.3 is 5.11 Å². The predicted octanol–water partition coefficient (Wildman–Crippen LogP) is 2.55. The van der Waals surface area contributed by atoms with E-state index in [9.17, 15) is 9.90 Å². The van der Waals surface area contributed by atoms with Crippen LogP contribution in [-0.4, -0.2) is 22.7 Å². The summed E-state index contributed by atoms with van der Waals surface area (Å²) in [5.41, 5.74) is -0.802. The zero-order chi connectivity index (χ0) is 11.8. The summed E-state index contributed by atoms with van der Waals surface area (Å²) in [5, 5.41) is 13.1. The summed E-state index contributed by atoms with van der Waals surface area (Å²) < 4.78 is 0. The summed E-state index contributed by atoms with van der Waals surface area (Å²) in [7, 11) is 0. The maximum absolute atomic E-state index is 11.7. The highest BCUT2D eigenvalue weighted by molar-refractivity contribution is 5.80. The van der Waals surface area contributed by atoms with Gasteiger partial charge in [0.1, 0.15) is 5.54 Å². The first-order valence-corrected chi connectivity index (χ1v) is 6.49. The molecule has 0 amide bonds. The first kappa shape index (κ1) is 11.9. The molecule has 0 bridgehead atoms. The lowest BCUT2D eigenvalue weighted by Gasteiger charge is -2.40. The second kappa shape index (κ2) is 4.02. The SMILES string of the molecule is CC1(C)CCCC1(NC1CCCC1)C(=O)O. The minimum absolute atomic E-state index is 0.124. The molecule has 0 heterocycles. The number of carbonyl (C=O) groups is 1. The van der Waals surface area contributed by atoms with Crippen LogP contribution in [0, 0.1) is 5.41 Å². The van der Waals surface area contributed by atoms with Crippen molar-refractivity contribution in [1.82, 2.24) is 5.32 Å². The topological polar surface area (TPSA) is 49.3 Å². The van der Waals surface area contributed by atoms with E-state index in [0.717, 1.165) is 32.1 Å². The molecule has 0 aromatic heterocycles. The molecule has 2 rings (SSSR count). The summed E-state index contributed by atoms with van der Waals surface area (Å²) in [6.07, 6.45) is 7.60. The lowest BCUT2D eigenvalue weighted by molar-refractivity contribution is -0.149. The van der Waals surface area contributed by atoms with E-state index < -0.39 is 11.5 Å². The van der Waals surface area contributed by atoms with Gasteiger partial charge in [0.2, 0.25) is 0 Å². The van der Waals surface area contributed by atoms with Crippen LogP contribution in [0.4, 0.5) is 0 Å². The highest BCUT2D eigenvalue weighted by Gasteiger charge is 2.55. The molecule has 3 nitrogen and oxygen atoms in total. The molecule has 2 aliphatic carbocycles. The van der Waals surface area contributed by atoms with Crippen molar-refractivity contribution in [2.75, 3.05) is 0 Å². The van der Waals surface area contributed by atoms with Crippen LogP contribution in [0.5, 0.6) is 0 Å². The molecule has 0 aliphatic heterocycles. The Kier molecular flexibility index (Phi) is 2.99. The van der Waals surface area contributed by atoms with Gasteiger partial charge in [0.25, 0.3) is 0 Å². The summed E-state index contributed by atoms with van der Waals surface area (Å²) in [4.78, 5) is 11.7. The van der Waals surface area contributed by atoms with Gasteiger partial charge in [-0.3, -0.25) is 10.1 Å². The summed E-state index contributed by atoms with van der Waals surface area (Å²) in [6.45, 7) is 4.19. The van der Waals surface area contributed by atoms with Gasteiger partial charge in [-0.2, -0.15) is 0 Å². The molecule has 0 radical (unpaired) electrons. The maximum Gasteiger partial charge on any atom is 0.324 e. The van der Waals surface area contributed by atoms with E-state index in [1.165, 1.54) is 12.8 Å². The Bertz CT molecular complexity index is 282. The minimum Gasteiger partial charge on any atom is -0.480 e. The Balaban J connectivity index is 2.18. The molecule has 3 heteroatoms. The van der Waals surface area contributed by atoms with Gasteiger partial charge in [0, 0.05) is 6.04 Å². The molecule has 2 aliphatic rings. The average molecular weight is 225 g/mol. The third-order valence-corrected chi connectivity index (χ3v) is 4.68. The zero-order valence-corrected chi connectivity index (χ0v) is 10.4. The monoisotopic (exact) mass is 225 g/mol. The normalized spacial score (nSPS) is 34.4. The molecular weight excluding hydrogens is 202 g/mol. The molecule has 92 valence electrons. The minimum atomic E-state index is -0.679. The van der Waals surface area contributed by atoms with Crippen molar-refractivity contribution in [2.24, 2.45) is 5.41 Å². The van der Waals surface area contributed by atoms with Crippen LogP contribution in [0.1, 0.15) is 58.8 Å². The van der Waals surface area contributed by atoms with E-state index >= 15 is 0 Å². The molecule has 2 N–H and O–H groups in total. The number of carboxylic acids is 1. The number of hydrogen-bond donors (Lipinski definition) is 2. The Labute approximate surface area is 97.6 Å². The van der Waals surface area contributed by atoms with Crippen molar-refractivity contribution in [2.45, 2.75) is 70.4 Å². The van der Waals surface area contributed by atoms with Gasteiger partial charge in [0.05, 0.1) is 0 Å². The number of nitrogens with one attached hydrogen (secondary N) is 1. The Morgan fingerprint density at radius 3 is 2.25 bits per heavy atom. The van der Waals surface area contributed by atoms with Gasteiger partial charge in [-0.25, -0.2) is 0 Å². The van der Waals surface area contributed by atoms with Crippen molar-refractivity contribution < 1.29 is 9.90 Å². The van der Waals surface area contributed by atoms with E-state index in [1.54, 1.807) is 0 Å². The van der Waals surface area contributed by atoms with Crippen molar-refractivity contribution in [3.63, 3.8) is 0 Å². The number of rotatable bonds is 3. The fraction of sp³-hybridized carbons (Fsp3) is 0.923. The second-order valence-corrected chi connectivity index (χ2v) is 6.07. The van der Waals surface area contributed by atoms with Crippen LogP contribution in [0.3, 0.4) is 0 Å². The molecule has 1 unspecified atom stereocenters. The molecule has 0 saturated heterocycles. The second-order valence-electron chi connectivity index (χ2n) is 6.07. The number of carboxylic acid groups (broad SMARTS) is 1. The average Bonchev–Trinajstić information content (AvgIpc) is 2.76. The van der Waals surface area contributed by atoms with Crippen LogP contribution in [-0.2, 0) is 4.79 Å². The van der Waals surface area contributed by atoms with Crippen LogP contribution in [0.25, 0.3) is 0 Å². The largest absolute Gasteiger partial charge is 0.480 e. The number of hydrogen-bond acceptors (Lipinski definition) is 2. The summed E-state index contributed by atoms with van der Waals surface area (Å²) >= 11 is 0. The third-order valence-electron chi connectivity index (χ3n) is 4.68.